The molecule has 60 valence electrons. The first-order valence-electron chi connectivity index (χ1n) is 3.31. The van der Waals surface area contributed by atoms with E-state index < -0.39 is 10.3 Å². The minimum Gasteiger partial charge on any atom is -0.256 e. The van der Waals surface area contributed by atoms with Crippen LogP contribution in [0.5, 0.6) is 0 Å². The molecule has 1 rings (SSSR count). The van der Waals surface area contributed by atoms with Crippen LogP contribution in [0.3, 0.4) is 0 Å². The van der Waals surface area contributed by atoms with Gasteiger partial charge in [0.25, 0.3) is 0 Å². The Bertz CT molecular complexity index is 199. The molecule has 0 aromatic heterocycles. The Morgan fingerprint density at radius 3 is 2.80 bits per heavy atom. The van der Waals surface area contributed by atoms with Gasteiger partial charge in [0.2, 0.25) is 0 Å². The van der Waals surface area contributed by atoms with Crippen LogP contribution in [-0.4, -0.2) is 21.1 Å². The smallest absolute Gasteiger partial charge is 0.256 e. The van der Waals surface area contributed by atoms with Gasteiger partial charge in [-0.2, -0.15) is 13.1 Å². The van der Waals surface area contributed by atoms with Crippen LogP contribution in [0.4, 0.5) is 0 Å². The first-order valence-corrected chi connectivity index (χ1v) is 4.71. The molecule has 1 heterocycles. The Morgan fingerprint density at radius 2 is 2.40 bits per heavy atom. The lowest BCUT2D eigenvalue weighted by molar-refractivity contribution is 0.330. The van der Waals surface area contributed by atoms with Gasteiger partial charge in [0.1, 0.15) is 0 Å². The molecule has 4 nitrogen and oxygen atoms in total. The van der Waals surface area contributed by atoms with E-state index in [0.717, 1.165) is 12.8 Å². The maximum atomic E-state index is 10.6. The lowest BCUT2D eigenvalue weighted by atomic mass is 10.2. The summed E-state index contributed by atoms with van der Waals surface area (Å²) in [6, 6.07) is -0.00463. The standard InChI is InChI=1S/C5H11NO3S/c1-2-3-5-4-9-10(7,8)6-5/h5-6H,2-4H2,1H3. The molecule has 1 aliphatic rings. The van der Waals surface area contributed by atoms with Crippen molar-refractivity contribution in [2.75, 3.05) is 6.61 Å². The van der Waals surface area contributed by atoms with Crippen molar-refractivity contribution in [1.82, 2.24) is 4.72 Å². The zero-order valence-electron chi connectivity index (χ0n) is 5.83. The Hall–Kier alpha value is -0.130. The molecule has 0 aromatic carbocycles. The zero-order chi connectivity index (χ0) is 7.61. The van der Waals surface area contributed by atoms with Gasteiger partial charge >= 0.3 is 10.3 Å². The highest BCUT2D eigenvalue weighted by Crippen LogP contribution is 2.08. The molecular weight excluding hydrogens is 154 g/mol. The summed E-state index contributed by atoms with van der Waals surface area (Å²) >= 11 is 0. The third kappa shape index (κ3) is 1.93. The van der Waals surface area contributed by atoms with Crippen molar-refractivity contribution < 1.29 is 12.6 Å². The van der Waals surface area contributed by atoms with Crippen molar-refractivity contribution in [1.29, 1.82) is 0 Å². The molecule has 1 saturated heterocycles. The van der Waals surface area contributed by atoms with Crippen LogP contribution in [-0.2, 0) is 14.5 Å². The fraction of sp³-hybridized carbons (Fsp3) is 1.00. The van der Waals surface area contributed by atoms with Crippen LogP contribution in [0.2, 0.25) is 0 Å². The van der Waals surface area contributed by atoms with Crippen molar-refractivity contribution in [2.45, 2.75) is 25.8 Å². The van der Waals surface area contributed by atoms with E-state index in [4.69, 9.17) is 0 Å². The summed E-state index contributed by atoms with van der Waals surface area (Å²) in [6.45, 7) is 2.29. The zero-order valence-corrected chi connectivity index (χ0v) is 6.65. The summed E-state index contributed by atoms with van der Waals surface area (Å²) in [6.07, 6.45) is 1.82. The van der Waals surface area contributed by atoms with E-state index in [1.807, 2.05) is 6.92 Å². The topological polar surface area (TPSA) is 55.4 Å². The monoisotopic (exact) mass is 165 g/mol. The maximum Gasteiger partial charge on any atom is 0.336 e. The average Bonchev–Trinajstić information content (AvgIpc) is 2.12. The lowest BCUT2D eigenvalue weighted by Gasteiger charge is -2.01. The molecular formula is C5H11NO3S. The molecule has 0 aromatic rings. The van der Waals surface area contributed by atoms with Gasteiger partial charge in [0, 0.05) is 6.04 Å². The van der Waals surface area contributed by atoms with Crippen LogP contribution in [0, 0.1) is 0 Å². The summed E-state index contributed by atoms with van der Waals surface area (Å²) in [5.41, 5.74) is 0. The number of hydrogen-bond donors (Lipinski definition) is 1. The second-order valence-corrected chi connectivity index (χ2v) is 3.72. The van der Waals surface area contributed by atoms with E-state index in [0.29, 0.717) is 0 Å². The minimum atomic E-state index is -3.37. The van der Waals surface area contributed by atoms with Crippen molar-refractivity contribution in [2.24, 2.45) is 0 Å². The van der Waals surface area contributed by atoms with E-state index in [-0.39, 0.29) is 12.6 Å². The van der Waals surface area contributed by atoms with Crippen molar-refractivity contribution in [3.8, 4) is 0 Å². The second kappa shape index (κ2) is 2.86. The molecule has 0 saturated carbocycles. The van der Waals surface area contributed by atoms with E-state index in [9.17, 15) is 8.42 Å². The number of hydrogen-bond acceptors (Lipinski definition) is 3. The molecule has 1 aliphatic heterocycles. The largest absolute Gasteiger partial charge is 0.336 e. The summed E-state index contributed by atoms with van der Waals surface area (Å²) in [7, 11) is -3.37. The Labute approximate surface area is 60.8 Å². The summed E-state index contributed by atoms with van der Waals surface area (Å²) < 4.78 is 28.0. The Kier molecular flexibility index (Phi) is 2.28. The summed E-state index contributed by atoms with van der Waals surface area (Å²) in [5.74, 6) is 0. The Morgan fingerprint density at radius 1 is 1.70 bits per heavy atom. The highest BCUT2D eigenvalue weighted by molar-refractivity contribution is 7.84. The van der Waals surface area contributed by atoms with Gasteiger partial charge in [-0.3, -0.25) is 4.18 Å². The SMILES string of the molecule is CCCC1COS(=O)(=O)N1. The molecule has 1 N–H and O–H groups in total. The van der Waals surface area contributed by atoms with E-state index in [1.165, 1.54) is 0 Å². The molecule has 1 fully saturated rings. The van der Waals surface area contributed by atoms with Crippen LogP contribution >= 0.6 is 0 Å². The molecule has 0 bridgehead atoms. The van der Waals surface area contributed by atoms with Crippen molar-refractivity contribution >= 4 is 10.3 Å². The minimum absolute atomic E-state index is 0.00463. The van der Waals surface area contributed by atoms with Crippen molar-refractivity contribution in [3.05, 3.63) is 0 Å². The second-order valence-electron chi connectivity index (χ2n) is 2.34. The summed E-state index contributed by atoms with van der Waals surface area (Å²) in [5, 5.41) is 0. The first-order chi connectivity index (χ1) is 4.64. The normalized spacial score (nSPS) is 30.7. The fourth-order valence-corrected chi connectivity index (χ4v) is 1.94. The predicted molar refractivity (Wildman–Crippen MR) is 36.7 cm³/mol. The third-order valence-corrected chi connectivity index (χ3v) is 2.44. The van der Waals surface area contributed by atoms with Crippen LogP contribution in [0.1, 0.15) is 19.8 Å². The molecule has 0 spiro atoms. The van der Waals surface area contributed by atoms with E-state index in [2.05, 4.69) is 8.91 Å². The summed E-state index contributed by atoms with van der Waals surface area (Å²) in [4.78, 5) is 0. The first kappa shape index (κ1) is 7.97. The maximum absolute atomic E-state index is 10.6. The van der Waals surface area contributed by atoms with Gasteiger partial charge in [-0.25, -0.2) is 0 Å². The van der Waals surface area contributed by atoms with Gasteiger partial charge in [0.15, 0.2) is 0 Å². The van der Waals surface area contributed by atoms with E-state index >= 15 is 0 Å². The van der Waals surface area contributed by atoms with Crippen LogP contribution < -0.4 is 4.72 Å². The van der Waals surface area contributed by atoms with Crippen LogP contribution in [0.15, 0.2) is 0 Å². The average molecular weight is 165 g/mol. The van der Waals surface area contributed by atoms with Gasteiger partial charge in [0.05, 0.1) is 6.61 Å². The Balaban J connectivity index is 2.44. The molecule has 5 heteroatoms. The molecule has 10 heavy (non-hydrogen) atoms. The van der Waals surface area contributed by atoms with Crippen molar-refractivity contribution in [3.63, 3.8) is 0 Å². The fourth-order valence-electron chi connectivity index (χ4n) is 0.935. The molecule has 1 atom stereocenters. The van der Waals surface area contributed by atoms with Gasteiger partial charge < -0.3 is 0 Å². The third-order valence-electron chi connectivity index (χ3n) is 1.37. The molecule has 1 unspecified atom stereocenters. The highest BCUT2D eigenvalue weighted by atomic mass is 32.2. The molecule has 0 aliphatic carbocycles. The molecule has 0 radical (unpaired) electrons. The number of nitrogens with one attached hydrogen (secondary N) is 1. The number of rotatable bonds is 2. The van der Waals surface area contributed by atoms with Crippen LogP contribution in [0.25, 0.3) is 0 Å². The van der Waals surface area contributed by atoms with E-state index in [1.54, 1.807) is 0 Å². The predicted octanol–water partition coefficient (Wildman–Crippen LogP) is 0.0197. The van der Waals surface area contributed by atoms with Gasteiger partial charge in [-0.15, -0.1) is 0 Å². The lowest BCUT2D eigenvalue weighted by Crippen LogP contribution is -2.26. The van der Waals surface area contributed by atoms with Gasteiger partial charge in [-0.05, 0) is 6.42 Å². The molecule has 0 amide bonds. The van der Waals surface area contributed by atoms with Gasteiger partial charge in [-0.1, -0.05) is 13.3 Å². The highest BCUT2D eigenvalue weighted by Gasteiger charge is 2.26. The quantitative estimate of drug-likeness (QED) is 0.627.